The van der Waals surface area contributed by atoms with Crippen LogP contribution in [0.25, 0.3) is 0 Å². The van der Waals surface area contributed by atoms with Crippen LogP contribution in [0.2, 0.25) is 0 Å². The second-order valence-electron chi connectivity index (χ2n) is 16.2. The molecule has 25 heteroatoms. The fraction of sp³-hybridized carbons (Fsp3) is 0.545. The van der Waals surface area contributed by atoms with Gasteiger partial charge in [-0.05, 0) is 0 Å². The van der Waals surface area contributed by atoms with Gasteiger partial charge in [0.25, 0.3) is 0 Å². The Morgan fingerprint density at radius 3 is 0.406 bits per heavy atom. The summed E-state index contributed by atoms with van der Waals surface area (Å²) in [5.74, 6) is -49.0. The van der Waals surface area contributed by atoms with Crippen molar-refractivity contribution in [2.75, 3.05) is 0 Å². The second kappa shape index (κ2) is 23.0. The van der Waals surface area contributed by atoms with E-state index in [9.17, 15) is 95.9 Å². The molecule has 376 valence electrons. The average Bonchev–Trinajstić information content (AvgIpc) is 3.14. The molecule has 0 aliphatic rings. The Morgan fingerprint density at radius 2 is 0.333 bits per heavy atom. The van der Waals surface area contributed by atoms with E-state index in [-0.39, 0.29) is 55.4 Å². The maximum absolute atomic E-state index is 14.8. The number of hydrogen-bond acceptors (Lipinski definition) is 24. The quantitative estimate of drug-likeness (QED) is 0.0575. The van der Waals surface area contributed by atoms with Crippen LogP contribution in [0.3, 0.4) is 0 Å². The zero-order valence-corrected chi connectivity index (χ0v) is 42.2. The number of carbonyl (C=O) groups is 20. The van der Waals surface area contributed by atoms with Crippen molar-refractivity contribution in [3.8, 4) is 0 Å². The van der Waals surface area contributed by atoms with Crippen molar-refractivity contribution in [3.63, 3.8) is 0 Å². The Labute approximate surface area is 398 Å². The van der Waals surface area contributed by atoms with E-state index in [0.717, 1.165) is 0 Å². The van der Waals surface area contributed by atoms with Crippen molar-refractivity contribution in [2.45, 2.75) is 133 Å². The zero-order valence-electron chi connectivity index (χ0n) is 40.6. The van der Waals surface area contributed by atoms with Crippen LogP contribution in [0, 0.1) is 23.7 Å². The molecule has 0 rings (SSSR count). The SMILES string of the molecule is CC(=O)C(C(C)=O)C(=O)C([O][Ti]([O]C(C(C)=O)(C(C)=O)C(=O)C(C(C)=O)C(C)=O)([O]C(C(C)=O)(C(C)=O)C(=O)C(C(C)=O)C(C)=O)[O]C(C(C)=O)(C(C)=O)C(=O)C(C(C)=O)C(C)=O)(C(C)=O)C(C)=O. The van der Waals surface area contributed by atoms with Gasteiger partial charge in [-0.25, -0.2) is 0 Å². The Kier molecular flexibility index (Phi) is 21.0. The number of rotatable bonds is 32. The molecule has 69 heavy (non-hydrogen) atoms. The van der Waals surface area contributed by atoms with Gasteiger partial charge in [0, 0.05) is 0 Å². The Morgan fingerprint density at radius 1 is 0.232 bits per heavy atom. The van der Waals surface area contributed by atoms with Gasteiger partial charge < -0.3 is 0 Å². The Hall–Kier alpha value is -6.05. The van der Waals surface area contributed by atoms with Crippen molar-refractivity contribution in [1.82, 2.24) is 0 Å². The molecule has 0 aromatic carbocycles. The first-order chi connectivity index (χ1) is 31.1. The van der Waals surface area contributed by atoms with E-state index < -0.39 is 180 Å². The van der Waals surface area contributed by atoms with Gasteiger partial charge in [-0.3, -0.25) is 0 Å². The predicted octanol–water partition coefficient (Wildman–Crippen LogP) is -1.01. The molecule has 0 N–H and O–H groups in total. The first kappa shape index (κ1) is 63.0. The van der Waals surface area contributed by atoms with Crippen LogP contribution in [0.1, 0.15) is 111 Å². The molecule has 0 bridgehead atoms. The normalized spacial score (nSPS) is 12.2. The third-order valence-electron chi connectivity index (χ3n) is 10.8. The van der Waals surface area contributed by atoms with Gasteiger partial charge in [-0.1, -0.05) is 0 Å². The molecule has 0 aliphatic heterocycles. The maximum atomic E-state index is 14.8. The third kappa shape index (κ3) is 11.7. The first-order valence-corrected chi connectivity index (χ1v) is 22.7. The molecule has 0 atom stereocenters. The second-order valence-corrected chi connectivity index (χ2v) is 19.0. The fourth-order valence-corrected chi connectivity index (χ4v) is 12.6. The Balaban J connectivity index is 11.0. The summed E-state index contributed by atoms with van der Waals surface area (Å²) in [7, 11) is 0. The van der Waals surface area contributed by atoms with Gasteiger partial charge in [-0.15, -0.1) is 0 Å². The van der Waals surface area contributed by atoms with Gasteiger partial charge in [-0.2, -0.15) is 0 Å². The van der Waals surface area contributed by atoms with E-state index in [2.05, 4.69) is 0 Å². The van der Waals surface area contributed by atoms with E-state index in [4.69, 9.17) is 13.3 Å². The number of ketones is 20. The summed E-state index contributed by atoms with van der Waals surface area (Å²) in [6.07, 6.45) is 0. The van der Waals surface area contributed by atoms with Crippen LogP contribution >= 0.6 is 0 Å². The predicted molar refractivity (Wildman–Crippen MR) is 220 cm³/mol. The molecule has 24 nitrogen and oxygen atoms in total. The molecule has 0 radical (unpaired) electrons. The molecule has 0 fully saturated rings. The van der Waals surface area contributed by atoms with Crippen molar-refractivity contribution in [3.05, 3.63) is 0 Å². The van der Waals surface area contributed by atoms with Crippen molar-refractivity contribution in [1.29, 1.82) is 0 Å². The van der Waals surface area contributed by atoms with Crippen molar-refractivity contribution < 1.29 is 127 Å². The number of carbonyl (C=O) groups excluding carboxylic acids is 20. The topological polar surface area (TPSA) is 378 Å². The number of hydrogen-bond donors (Lipinski definition) is 0. The van der Waals surface area contributed by atoms with Crippen LogP contribution in [0.15, 0.2) is 0 Å². The summed E-state index contributed by atoms with van der Waals surface area (Å²) >= 11 is -9.01. The molecule has 0 spiro atoms. The summed E-state index contributed by atoms with van der Waals surface area (Å²) in [6.45, 7) is 6.52. The summed E-state index contributed by atoms with van der Waals surface area (Å²) in [4.78, 5) is 276. The molecule has 0 aliphatic carbocycles. The average molecular weight is 1010 g/mol. The Bertz CT molecular complexity index is 1980. The summed E-state index contributed by atoms with van der Waals surface area (Å²) < 4.78 is 23.2. The first-order valence-electron chi connectivity index (χ1n) is 20.2. The minimum atomic E-state index is -9.01. The summed E-state index contributed by atoms with van der Waals surface area (Å²) in [5, 5.41) is 0. The van der Waals surface area contributed by atoms with Gasteiger partial charge >= 0.3 is 400 Å². The van der Waals surface area contributed by atoms with E-state index in [0.29, 0.717) is 55.4 Å². The minimum absolute atomic E-state index is 0.269. The van der Waals surface area contributed by atoms with Crippen LogP contribution < -0.4 is 0 Å². The third-order valence-corrected chi connectivity index (χ3v) is 14.2. The van der Waals surface area contributed by atoms with E-state index in [1.54, 1.807) is 0 Å². The van der Waals surface area contributed by atoms with E-state index in [1.165, 1.54) is 0 Å². The molecule has 0 saturated carbocycles. The molecule has 0 amide bonds. The van der Waals surface area contributed by atoms with Gasteiger partial charge in [0.15, 0.2) is 0 Å². The van der Waals surface area contributed by atoms with Crippen molar-refractivity contribution in [2.24, 2.45) is 23.7 Å². The van der Waals surface area contributed by atoms with Crippen molar-refractivity contribution >= 4 is 116 Å². The molecule has 0 heterocycles. The van der Waals surface area contributed by atoms with Crippen LogP contribution in [-0.4, -0.2) is 138 Å². The monoisotopic (exact) mass is 1010 g/mol. The van der Waals surface area contributed by atoms with Crippen LogP contribution in [-0.2, 0) is 127 Å². The molecule has 0 unspecified atom stereocenters. The molecule has 0 aromatic heterocycles. The number of Topliss-reactive ketones (excluding diaryl/α,β-unsaturated/α-hetero) is 20. The molecule has 0 aromatic rings. The van der Waals surface area contributed by atoms with Crippen LogP contribution in [0.5, 0.6) is 0 Å². The van der Waals surface area contributed by atoms with Gasteiger partial charge in [0.2, 0.25) is 0 Å². The van der Waals surface area contributed by atoms with E-state index in [1.807, 2.05) is 0 Å². The van der Waals surface area contributed by atoms with E-state index >= 15 is 0 Å². The van der Waals surface area contributed by atoms with Gasteiger partial charge in [0.05, 0.1) is 0 Å². The zero-order chi connectivity index (χ0) is 55.2. The molecular weight excluding hydrogens is 960 g/mol. The standard InChI is InChI=1S/4C11H13O6.Ti/c4*1-5(12)9(6(2)13)10(16)11(17,7(3)14)8(4)15;/h4*9H,1-4H3;/q4*-1;+4. The molecular formula is C44H52O24Ti. The summed E-state index contributed by atoms with van der Waals surface area (Å²) in [5.41, 5.74) is -17.6. The van der Waals surface area contributed by atoms with Gasteiger partial charge in [0.1, 0.15) is 0 Å². The van der Waals surface area contributed by atoms with Crippen LogP contribution in [0.4, 0.5) is 0 Å². The summed E-state index contributed by atoms with van der Waals surface area (Å²) in [6, 6.07) is 0. The molecule has 0 saturated heterocycles. The fourth-order valence-electron chi connectivity index (χ4n) is 7.47.